The summed E-state index contributed by atoms with van der Waals surface area (Å²) >= 11 is 0. The van der Waals surface area contributed by atoms with Crippen LogP contribution in [0.2, 0.25) is 0 Å². The summed E-state index contributed by atoms with van der Waals surface area (Å²) < 4.78 is 66.2. The minimum atomic E-state index is -3.99. The highest BCUT2D eigenvalue weighted by atomic mass is 32.2. The Bertz CT molecular complexity index is 958. The van der Waals surface area contributed by atoms with Crippen molar-refractivity contribution in [2.75, 3.05) is 26.2 Å². The van der Waals surface area contributed by atoms with Crippen LogP contribution >= 0.6 is 0 Å². The number of carbonyl (C=O) groups is 1. The van der Waals surface area contributed by atoms with Crippen LogP contribution in [0.3, 0.4) is 0 Å². The van der Waals surface area contributed by atoms with E-state index in [1.54, 1.807) is 6.07 Å². The molecule has 1 saturated heterocycles. The molecule has 0 atom stereocenters. The molecule has 1 aliphatic heterocycles. The van der Waals surface area contributed by atoms with Gasteiger partial charge in [0, 0.05) is 26.2 Å². The van der Waals surface area contributed by atoms with Crippen LogP contribution in [0.5, 0.6) is 0 Å². The molecule has 1 amide bonds. The Morgan fingerprint density at radius 3 is 2.19 bits per heavy atom. The summed E-state index contributed by atoms with van der Waals surface area (Å²) in [6.45, 7) is 0.307. The van der Waals surface area contributed by atoms with Gasteiger partial charge in [-0.2, -0.15) is 4.31 Å². The van der Waals surface area contributed by atoms with Gasteiger partial charge >= 0.3 is 0 Å². The van der Waals surface area contributed by atoms with E-state index in [9.17, 15) is 26.4 Å². The minimum absolute atomic E-state index is 0.0182. The summed E-state index contributed by atoms with van der Waals surface area (Å²) in [6.07, 6.45) is -0.109. The number of amides is 1. The summed E-state index contributed by atoms with van der Waals surface area (Å²) in [4.78, 5) is 13.4. The Morgan fingerprint density at radius 1 is 0.889 bits per heavy atom. The van der Waals surface area contributed by atoms with Gasteiger partial charge in [0.25, 0.3) is 0 Å². The minimum Gasteiger partial charge on any atom is -0.340 e. The fourth-order valence-corrected chi connectivity index (χ4v) is 4.32. The topological polar surface area (TPSA) is 57.7 Å². The Balaban J connectivity index is 1.65. The van der Waals surface area contributed by atoms with Gasteiger partial charge in [-0.25, -0.2) is 21.6 Å². The third-order valence-electron chi connectivity index (χ3n) is 4.42. The van der Waals surface area contributed by atoms with Crippen LogP contribution in [0.1, 0.15) is 5.56 Å². The van der Waals surface area contributed by atoms with Crippen LogP contribution in [-0.2, 0) is 21.2 Å². The molecule has 0 aromatic heterocycles. The molecule has 1 fully saturated rings. The molecule has 0 aliphatic carbocycles. The van der Waals surface area contributed by atoms with E-state index in [0.717, 1.165) is 16.4 Å². The predicted molar refractivity (Wildman–Crippen MR) is 91.8 cm³/mol. The van der Waals surface area contributed by atoms with E-state index in [1.165, 1.54) is 23.1 Å². The lowest BCUT2D eigenvalue weighted by Gasteiger charge is -2.34. The molecule has 0 spiro atoms. The molecular formula is C18H17F3N2O3S. The van der Waals surface area contributed by atoms with Crippen LogP contribution in [0.15, 0.2) is 47.4 Å². The zero-order valence-electron chi connectivity index (χ0n) is 14.2. The van der Waals surface area contributed by atoms with E-state index in [1.807, 2.05) is 0 Å². The highest BCUT2D eigenvalue weighted by Crippen LogP contribution is 2.20. The lowest BCUT2D eigenvalue weighted by molar-refractivity contribution is -0.131. The lowest BCUT2D eigenvalue weighted by Crippen LogP contribution is -2.50. The maximum atomic E-state index is 13.7. The van der Waals surface area contributed by atoms with Crippen molar-refractivity contribution in [3.8, 4) is 0 Å². The first-order valence-corrected chi connectivity index (χ1v) is 9.69. The van der Waals surface area contributed by atoms with Crippen LogP contribution in [0, 0.1) is 17.5 Å². The Hall–Kier alpha value is -2.39. The summed E-state index contributed by atoms with van der Waals surface area (Å²) in [7, 11) is -3.99. The van der Waals surface area contributed by atoms with Crippen molar-refractivity contribution in [1.29, 1.82) is 0 Å². The van der Waals surface area contributed by atoms with Crippen molar-refractivity contribution in [3.05, 3.63) is 65.5 Å². The van der Waals surface area contributed by atoms with Gasteiger partial charge in [-0.1, -0.05) is 18.2 Å². The van der Waals surface area contributed by atoms with E-state index in [4.69, 9.17) is 0 Å². The van der Waals surface area contributed by atoms with Crippen molar-refractivity contribution in [1.82, 2.24) is 9.21 Å². The third kappa shape index (κ3) is 4.14. The molecule has 144 valence electrons. The Morgan fingerprint density at radius 2 is 1.56 bits per heavy atom. The van der Waals surface area contributed by atoms with E-state index in [0.29, 0.717) is 6.07 Å². The van der Waals surface area contributed by atoms with E-state index in [-0.39, 0.29) is 49.0 Å². The zero-order valence-corrected chi connectivity index (χ0v) is 15.1. The largest absolute Gasteiger partial charge is 0.340 e. The Labute approximate surface area is 155 Å². The van der Waals surface area contributed by atoms with Gasteiger partial charge in [-0.3, -0.25) is 4.79 Å². The molecule has 2 aromatic carbocycles. The van der Waals surface area contributed by atoms with Gasteiger partial charge in [-0.15, -0.1) is 0 Å². The van der Waals surface area contributed by atoms with Crippen molar-refractivity contribution in [3.63, 3.8) is 0 Å². The summed E-state index contributed by atoms with van der Waals surface area (Å²) in [5.74, 6) is -3.14. The fraction of sp³-hybridized carbons (Fsp3) is 0.278. The fourth-order valence-electron chi connectivity index (χ4n) is 2.88. The summed E-state index contributed by atoms with van der Waals surface area (Å²) in [6, 6.07) is 8.37. The van der Waals surface area contributed by atoms with Gasteiger partial charge in [0.1, 0.15) is 5.82 Å². The third-order valence-corrected chi connectivity index (χ3v) is 6.31. The number of hydrogen-bond donors (Lipinski definition) is 0. The molecular weight excluding hydrogens is 381 g/mol. The summed E-state index contributed by atoms with van der Waals surface area (Å²) in [5, 5.41) is 0. The number of benzene rings is 2. The van der Waals surface area contributed by atoms with Gasteiger partial charge in [0.15, 0.2) is 11.6 Å². The molecule has 0 N–H and O–H groups in total. The normalized spacial score (nSPS) is 15.7. The lowest BCUT2D eigenvalue weighted by atomic mass is 10.1. The number of hydrogen-bond acceptors (Lipinski definition) is 3. The second-order valence-electron chi connectivity index (χ2n) is 6.13. The van der Waals surface area contributed by atoms with Crippen LogP contribution in [0.4, 0.5) is 13.2 Å². The monoisotopic (exact) mass is 398 g/mol. The van der Waals surface area contributed by atoms with E-state index >= 15 is 0 Å². The molecule has 0 bridgehead atoms. The molecule has 27 heavy (non-hydrogen) atoms. The van der Waals surface area contributed by atoms with Crippen molar-refractivity contribution in [2.45, 2.75) is 11.3 Å². The van der Waals surface area contributed by atoms with E-state index in [2.05, 4.69) is 0 Å². The highest BCUT2D eigenvalue weighted by Gasteiger charge is 2.30. The molecule has 1 aliphatic rings. The Kier molecular flexibility index (Phi) is 5.52. The van der Waals surface area contributed by atoms with Crippen LogP contribution in [-0.4, -0.2) is 49.7 Å². The van der Waals surface area contributed by atoms with Crippen LogP contribution in [0.25, 0.3) is 0 Å². The molecule has 0 saturated carbocycles. The number of halogens is 3. The molecule has 9 heteroatoms. The van der Waals surface area contributed by atoms with E-state index < -0.39 is 27.5 Å². The second kappa shape index (κ2) is 7.69. The van der Waals surface area contributed by atoms with Gasteiger partial charge in [-0.05, 0) is 29.8 Å². The smallest absolute Gasteiger partial charge is 0.243 e. The molecule has 2 aromatic rings. The number of carbonyl (C=O) groups excluding carboxylic acids is 1. The first-order valence-electron chi connectivity index (χ1n) is 8.25. The number of nitrogens with zero attached hydrogens (tertiary/aromatic N) is 2. The second-order valence-corrected chi connectivity index (χ2v) is 8.07. The van der Waals surface area contributed by atoms with Crippen molar-refractivity contribution in [2.24, 2.45) is 0 Å². The number of piperazine rings is 1. The highest BCUT2D eigenvalue weighted by molar-refractivity contribution is 7.89. The standard InChI is InChI=1S/C18H17F3N2O3S/c19-15-4-2-1-3-13(15)11-18(24)22-7-9-23(10-8-22)27(25,26)14-5-6-16(20)17(21)12-14/h1-6,12H,7-11H2. The first kappa shape index (κ1) is 19.4. The average molecular weight is 398 g/mol. The molecule has 3 rings (SSSR count). The maximum absolute atomic E-state index is 13.7. The maximum Gasteiger partial charge on any atom is 0.243 e. The van der Waals surface area contributed by atoms with Gasteiger partial charge in [0.05, 0.1) is 11.3 Å². The van der Waals surface area contributed by atoms with Gasteiger partial charge in [0.2, 0.25) is 15.9 Å². The number of rotatable bonds is 4. The first-order chi connectivity index (χ1) is 12.8. The summed E-state index contributed by atoms with van der Waals surface area (Å²) in [5.41, 5.74) is 0.277. The molecule has 0 unspecified atom stereocenters. The predicted octanol–water partition coefficient (Wildman–Crippen LogP) is 2.18. The molecule has 5 nitrogen and oxygen atoms in total. The van der Waals surface area contributed by atoms with Crippen molar-refractivity contribution >= 4 is 15.9 Å². The quantitative estimate of drug-likeness (QED) is 0.793. The SMILES string of the molecule is O=C(Cc1ccccc1F)N1CCN(S(=O)(=O)c2ccc(F)c(F)c2)CC1. The number of sulfonamides is 1. The van der Waals surface area contributed by atoms with Crippen LogP contribution < -0.4 is 0 Å². The molecule has 1 heterocycles. The molecule has 0 radical (unpaired) electrons. The van der Waals surface area contributed by atoms with Crippen molar-refractivity contribution < 1.29 is 26.4 Å². The average Bonchev–Trinajstić information content (AvgIpc) is 2.65. The van der Waals surface area contributed by atoms with Gasteiger partial charge < -0.3 is 4.90 Å². The zero-order chi connectivity index (χ0) is 19.6.